The first-order valence-corrected chi connectivity index (χ1v) is 8.31. The Morgan fingerprint density at radius 2 is 1.81 bits per heavy atom. The van der Waals surface area contributed by atoms with Crippen LogP contribution in [-0.4, -0.2) is 30.1 Å². The molecule has 114 valence electrons. The molecule has 2 heteroatoms. The van der Waals surface area contributed by atoms with Gasteiger partial charge in [-0.15, -0.1) is 0 Å². The highest BCUT2D eigenvalue weighted by atomic mass is 15.3. The first-order chi connectivity index (χ1) is 10.1. The molecule has 0 bridgehead atoms. The summed E-state index contributed by atoms with van der Waals surface area (Å²) in [5.41, 5.74) is 1.47. The van der Waals surface area contributed by atoms with Crippen molar-refractivity contribution in [2.75, 3.05) is 13.1 Å². The van der Waals surface area contributed by atoms with Crippen LogP contribution in [0.5, 0.6) is 0 Å². The van der Waals surface area contributed by atoms with Gasteiger partial charge in [-0.2, -0.15) is 0 Å². The molecule has 1 heterocycles. The average Bonchev–Trinajstić information content (AvgIpc) is 3.02. The molecule has 3 rings (SSSR count). The largest absolute Gasteiger partial charge is 0.305 e. The van der Waals surface area contributed by atoms with E-state index in [0.717, 1.165) is 13.1 Å². The summed E-state index contributed by atoms with van der Waals surface area (Å²) in [5.74, 6) is 0.693. The van der Waals surface area contributed by atoms with Crippen LogP contribution < -0.4 is 5.32 Å². The highest BCUT2D eigenvalue weighted by molar-refractivity contribution is 5.25. The van der Waals surface area contributed by atoms with Crippen molar-refractivity contribution >= 4 is 0 Å². The Morgan fingerprint density at radius 1 is 1.14 bits per heavy atom. The second kappa shape index (κ2) is 5.94. The van der Waals surface area contributed by atoms with Gasteiger partial charge in [-0.1, -0.05) is 56.3 Å². The summed E-state index contributed by atoms with van der Waals surface area (Å²) in [5, 5.41) is 3.83. The summed E-state index contributed by atoms with van der Waals surface area (Å²) >= 11 is 0. The first kappa shape index (κ1) is 14.8. The number of nitrogens with zero attached hydrogens (tertiary/aromatic N) is 1. The molecule has 0 amide bonds. The SMILES string of the molecule is CC(C)C1CNC(C)(c2ccccc2)CN1C1CC=CC1. The van der Waals surface area contributed by atoms with Crippen molar-refractivity contribution in [3.05, 3.63) is 48.0 Å². The predicted molar refractivity (Wildman–Crippen MR) is 89.3 cm³/mol. The molecule has 1 aliphatic heterocycles. The summed E-state index contributed by atoms with van der Waals surface area (Å²) in [7, 11) is 0. The lowest BCUT2D eigenvalue weighted by atomic mass is 9.85. The molecule has 1 aliphatic carbocycles. The fraction of sp³-hybridized carbons (Fsp3) is 0.579. The van der Waals surface area contributed by atoms with E-state index in [-0.39, 0.29) is 5.54 Å². The summed E-state index contributed by atoms with van der Waals surface area (Å²) in [6, 6.07) is 12.3. The van der Waals surface area contributed by atoms with Gasteiger partial charge in [0.15, 0.2) is 0 Å². The van der Waals surface area contributed by atoms with Gasteiger partial charge in [0.05, 0.1) is 5.54 Å². The van der Waals surface area contributed by atoms with Gasteiger partial charge in [-0.3, -0.25) is 4.90 Å². The minimum atomic E-state index is 0.0647. The van der Waals surface area contributed by atoms with E-state index < -0.39 is 0 Å². The van der Waals surface area contributed by atoms with Crippen LogP contribution in [0.1, 0.15) is 39.2 Å². The lowest BCUT2D eigenvalue weighted by Crippen LogP contribution is -2.64. The first-order valence-electron chi connectivity index (χ1n) is 8.31. The fourth-order valence-electron chi connectivity index (χ4n) is 3.88. The van der Waals surface area contributed by atoms with E-state index in [2.05, 4.69) is 73.5 Å². The highest BCUT2D eigenvalue weighted by Gasteiger charge is 2.40. The van der Waals surface area contributed by atoms with Gasteiger partial charge < -0.3 is 5.32 Å². The molecular formula is C19H28N2. The summed E-state index contributed by atoms with van der Waals surface area (Å²) in [4.78, 5) is 2.77. The van der Waals surface area contributed by atoms with Crippen LogP contribution in [0.15, 0.2) is 42.5 Å². The molecular weight excluding hydrogens is 256 g/mol. The topological polar surface area (TPSA) is 15.3 Å². The zero-order valence-electron chi connectivity index (χ0n) is 13.5. The van der Waals surface area contributed by atoms with Crippen LogP contribution in [0.2, 0.25) is 0 Å². The second-order valence-corrected chi connectivity index (χ2v) is 7.16. The minimum Gasteiger partial charge on any atom is -0.305 e. The van der Waals surface area contributed by atoms with Gasteiger partial charge >= 0.3 is 0 Å². The van der Waals surface area contributed by atoms with E-state index in [9.17, 15) is 0 Å². The Morgan fingerprint density at radius 3 is 2.43 bits per heavy atom. The van der Waals surface area contributed by atoms with Crippen molar-refractivity contribution in [3.63, 3.8) is 0 Å². The van der Waals surface area contributed by atoms with Crippen molar-refractivity contribution in [2.45, 2.75) is 51.2 Å². The van der Waals surface area contributed by atoms with Crippen molar-refractivity contribution in [3.8, 4) is 0 Å². The molecule has 1 saturated heterocycles. The lowest BCUT2D eigenvalue weighted by Gasteiger charge is -2.50. The van der Waals surface area contributed by atoms with E-state index in [0.29, 0.717) is 18.0 Å². The van der Waals surface area contributed by atoms with Crippen LogP contribution >= 0.6 is 0 Å². The predicted octanol–water partition coefficient (Wildman–Crippen LogP) is 3.55. The Bertz CT molecular complexity index is 486. The molecule has 0 radical (unpaired) electrons. The van der Waals surface area contributed by atoms with Gasteiger partial charge in [-0.25, -0.2) is 0 Å². The average molecular weight is 284 g/mol. The Hall–Kier alpha value is -1.12. The van der Waals surface area contributed by atoms with Crippen LogP contribution in [0.3, 0.4) is 0 Å². The summed E-state index contributed by atoms with van der Waals surface area (Å²) < 4.78 is 0. The van der Waals surface area contributed by atoms with Crippen molar-refractivity contribution in [1.82, 2.24) is 10.2 Å². The molecule has 21 heavy (non-hydrogen) atoms. The molecule has 0 saturated carbocycles. The third-order valence-corrected chi connectivity index (χ3v) is 5.26. The number of rotatable bonds is 3. The van der Waals surface area contributed by atoms with Gasteiger partial charge in [-0.05, 0) is 31.2 Å². The zero-order valence-corrected chi connectivity index (χ0v) is 13.5. The normalized spacial score (nSPS) is 31.1. The molecule has 2 nitrogen and oxygen atoms in total. The summed E-state index contributed by atoms with van der Waals surface area (Å²) in [6.07, 6.45) is 7.13. The Balaban J connectivity index is 1.84. The van der Waals surface area contributed by atoms with Gasteiger partial charge in [0, 0.05) is 25.2 Å². The molecule has 1 aromatic carbocycles. The standard InChI is InChI=1S/C19H28N2/c1-15(2)18-13-20-19(3,16-9-5-4-6-10-16)14-21(18)17-11-7-8-12-17/h4-10,15,17-18,20H,11-14H2,1-3H3. The highest BCUT2D eigenvalue weighted by Crippen LogP contribution is 2.32. The number of piperazine rings is 1. The molecule has 0 aromatic heterocycles. The van der Waals surface area contributed by atoms with Crippen LogP contribution in [0.25, 0.3) is 0 Å². The van der Waals surface area contributed by atoms with Gasteiger partial charge in [0.25, 0.3) is 0 Å². The number of nitrogens with one attached hydrogen (secondary N) is 1. The summed E-state index contributed by atoms with van der Waals surface area (Å²) in [6.45, 7) is 9.25. The fourth-order valence-corrected chi connectivity index (χ4v) is 3.88. The number of hydrogen-bond acceptors (Lipinski definition) is 2. The Labute approximate surface area is 129 Å². The van der Waals surface area contributed by atoms with E-state index in [1.165, 1.54) is 18.4 Å². The van der Waals surface area contributed by atoms with Crippen molar-refractivity contribution in [2.24, 2.45) is 5.92 Å². The molecule has 2 atom stereocenters. The molecule has 2 aliphatic rings. The van der Waals surface area contributed by atoms with Crippen LogP contribution in [-0.2, 0) is 5.54 Å². The van der Waals surface area contributed by atoms with Crippen LogP contribution in [0.4, 0.5) is 0 Å². The van der Waals surface area contributed by atoms with Gasteiger partial charge in [0.1, 0.15) is 0 Å². The quantitative estimate of drug-likeness (QED) is 0.854. The smallest absolute Gasteiger partial charge is 0.0535 e. The number of hydrogen-bond donors (Lipinski definition) is 1. The molecule has 2 unspecified atom stereocenters. The second-order valence-electron chi connectivity index (χ2n) is 7.16. The van der Waals surface area contributed by atoms with E-state index in [1.54, 1.807) is 0 Å². The van der Waals surface area contributed by atoms with Gasteiger partial charge in [0.2, 0.25) is 0 Å². The van der Waals surface area contributed by atoms with Crippen molar-refractivity contribution in [1.29, 1.82) is 0 Å². The van der Waals surface area contributed by atoms with E-state index in [1.807, 2.05) is 0 Å². The van der Waals surface area contributed by atoms with E-state index in [4.69, 9.17) is 0 Å². The maximum absolute atomic E-state index is 3.83. The molecule has 1 aromatic rings. The monoisotopic (exact) mass is 284 g/mol. The maximum atomic E-state index is 3.83. The third-order valence-electron chi connectivity index (χ3n) is 5.26. The number of benzene rings is 1. The maximum Gasteiger partial charge on any atom is 0.0535 e. The van der Waals surface area contributed by atoms with Crippen LogP contribution in [0, 0.1) is 5.92 Å². The molecule has 0 spiro atoms. The lowest BCUT2D eigenvalue weighted by molar-refractivity contribution is 0.0283. The Kier molecular flexibility index (Phi) is 4.19. The minimum absolute atomic E-state index is 0.0647. The van der Waals surface area contributed by atoms with Crippen molar-refractivity contribution < 1.29 is 0 Å². The molecule has 1 N–H and O–H groups in total. The van der Waals surface area contributed by atoms with E-state index >= 15 is 0 Å². The molecule has 1 fully saturated rings. The third kappa shape index (κ3) is 2.93. The zero-order chi connectivity index (χ0) is 14.9.